The molecule has 0 radical (unpaired) electrons. The fourth-order valence-corrected chi connectivity index (χ4v) is 4.29. The van der Waals surface area contributed by atoms with Gasteiger partial charge in [-0.15, -0.1) is 0 Å². The molecule has 20 heavy (non-hydrogen) atoms. The minimum Gasteiger partial charge on any atom is -0.314 e. The van der Waals surface area contributed by atoms with Gasteiger partial charge in [0.2, 0.25) is 0 Å². The van der Waals surface area contributed by atoms with Gasteiger partial charge in [-0.2, -0.15) is 0 Å². The van der Waals surface area contributed by atoms with Gasteiger partial charge in [-0.05, 0) is 63.6 Å². The summed E-state index contributed by atoms with van der Waals surface area (Å²) in [7, 11) is 0. The fourth-order valence-electron chi connectivity index (χ4n) is 4.29. The zero-order valence-electron chi connectivity index (χ0n) is 13.9. The molecule has 2 nitrogen and oxygen atoms in total. The van der Waals surface area contributed by atoms with Gasteiger partial charge in [0.15, 0.2) is 0 Å². The van der Waals surface area contributed by atoms with Crippen molar-refractivity contribution in [2.24, 2.45) is 11.8 Å². The van der Waals surface area contributed by atoms with Gasteiger partial charge in [0.25, 0.3) is 0 Å². The standard InChI is InChI=1S/C18H36N2/c1-3-16-10-11-18(19-4-2)17(14-16)15-20-12-8-6-5-7-9-13-20/h16-19H,3-15H2,1-2H3. The molecule has 1 saturated carbocycles. The smallest absolute Gasteiger partial charge is 0.0108 e. The molecule has 0 bridgehead atoms. The Kier molecular flexibility index (Phi) is 7.37. The Balaban J connectivity index is 1.87. The van der Waals surface area contributed by atoms with E-state index in [0.29, 0.717) is 0 Å². The van der Waals surface area contributed by atoms with E-state index in [-0.39, 0.29) is 0 Å². The number of nitrogens with zero attached hydrogens (tertiary/aromatic N) is 1. The second-order valence-electron chi connectivity index (χ2n) is 7.08. The average molecular weight is 280 g/mol. The van der Waals surface area contributed by atoms with E-state index in [1.807, 2.05) is 0 Å². The summed E-state index contributed by atoms with van der Waals surface area (Å²) in [5, 5.41) is 3.77. The van der Waals surface area contributed by atoms with Crippen molar-refractivity contribution in [3.8, 4) is 0 Å². The zero-order chi connectivity index (χ0) is 14.2. The summed E-state index contributed by atoms with van der Waals surface area (Å²) in [4.78, 5) is 2.78. The molecular formula is C18H36N2. The molecule has 0 aromatic rings. The zero-order valence-corrected chi connectivity index (χ0v) is 13.9. The maximum atomic E-state index is 3.77. The van der Waals surface area contributed by atoms with Crippen molar-refractivity contribution in [1.29, 1.82) is 0 Å². The van der Waals surface area contributed by atoms with Gasteiger partial charge in [0, 0.05) is 12.6 Å². The maximum Gasteiger partial charge on any atom is 0.0108 e. The van der Waals surface area contributed by atoms with E-state index >= 15 is 0 Å². The Morgan fingerprint density at radius 3 is 2.30 bits per heavy atom. The van der Waals surface area contributed by atoms with Crippen LogP contribution in [-0.2, 0) is 0 Å². The molecule has 2 fully saturated rings. The van der Waals surface area contributed by atoms with Crippen molar-refractivity contribution in [3.63, 3.8) is 0 Å². The number of hydrogen-bond acceptors (Lipinski definition) is 2. The Bertz CT molecular complexity index is 246. The van der Waals surface area contributed by atoms with E-state index in [1.54, 1.807) is 0 Å². The van der Waals surface area contributed by atoms with Gasteiger partial charge in [-0.1, -0.05) is 39.5 Å². The first-order chi connectivity index (χ1) is 9.83. The molecule has 2 rings (SSSR count). The van der Waals surface area contributed by atoms with Crippen LogP contribution in [-0.4, -0.2) is 37.1 Å². The lowest BCUT2D eigenvalue weighted by atomic mass is 9.76. The summed E-state index contributed by atoms with van der Waals surface area (Å²) in [5.41, 5.74) is 0. The predicted molar refractivity (Wildman–Crippen MR) is 88.1 cm³/mol. The van der Waals surface area contributed by atoms with Crippen LogP contribution in [0.2, 0.25) is 0 Å². The van der Waals surface area contributed by atoms with E-state index in [0.717, 1.165) is 24.4 Å². The second kappa shape index (κ2) is 9.04. The SMILES string of the molecule is CCNC1CCC(CC)CC1CN1CCCCCCC1. The molecule has 3 unspecified atom stereocenters. The van der Waals surface area contributed by atoms with E-state index in [2.05, 4.69) is 24.1 Å². The van der Waals surface area contributed by atoms with Crippen LogP contribution < -0.4 is 5.32 Å². The Morgan fingerprint density at radius 2 is 1.65 bits per heavy atom. The lowest BCUT2D eigenvalue weighted by Gasteiger charge is -2.39. The molecule has 2 aliphatic rings. The largest absolute Gasteiger partial charge is 0.314 e. The number of rotatable bonds is 5. The average Bonchev–Trinajstić information content (AvgIpc) is 2.43. The summed E-state index contributed by atoms with van der Waals surface area (Å²) in [6.45, 7) is 9.84. The lowest BCUT2D eigenvalue weighted by molar-refractivity contribution is 0.132. The van der Waals surface area contributed by atoms with Crippen LogP contribution in [0.4, 0.5) is 0 Å². The maximum absolute atomic E-state index is 3.77. The quantitative estimate of drug-likeness (QED) is 0.817. The number of likely N-dealkylation sites (tertiary alicyclic amines) is 1. The van der Waals surface area contributed by atoms with Gasteiger partial charge in [0.05, 0.1) is 0 Å². The monoisotopic (exact) mass is 280 g/mol. The Morgan fingerprint density at radius 1 is 0.950 bits per heavy atom. The van der Waals surface area contributed by atoms with Gasteiger partial charge in [-0.25, -0.2) is 0 Å². The summed E-state index contributed by atoms with van der Waals surface area (Å²) < 4.78 is 0. The van der Waals surface area contributed by atoms with Crippen molar-refractivity contribution < 1.29 is 0 Å². The first-order valence-corrected chi connectivity index (χ1v) is 9.29. The van der Waals surface area contributed by atoms with Crippen molar-refractivity contribution in [2.75, 3.05) is 26.2 Å². The first-order valence-electron chi connectivity index (χ1n) is 9.29. The van der Waals surface area contributed by atoms with Crippen molar-refractivity contribution in [2.45, 2.75) is 77.7 Å². The molecule has 1 N–H and O–H groups in total. The van der Waals surface area contributed by atoms with Crippen molar-refractivity contribution >= 4 is 0 Å². The minimum absolute atomic E-state index is 0.785. The highest BCUT2D eigenvalue weighted by molar-refractivity contribution is 4.86. The third-order valence-corrected chi connectivity index (χ3v) is 5.58. The first kappa shape index (κ1) is 16.3. The van der Waals surface area contributed by atoms with Crippen LogP contribution in [0, 0.1) is 11.8 Å². The van der Waals surface area contributed by atoms with E-state index in [4.69, 9.17) is 0 Å². The number of hydrogen-bond donors (Lipinski definition) is 1. The molecule has 0 amide bonds. The van der Waals surface area contributed by atoms with E-state index in [9.17, 15) is 0 Å². The highest BCUT2D eigenvalue weighted by Gasteiger charge is 2.30. The van der Waals surface area contributed by atoms with Crippen LogP contribution in [0.1, 0.15) is 71.6 Å². The van der Waals surface area contributed by atoms with E-state index < -0.39 is 0 Å². The van der Waals surface area contributed by atoms with Crippen LogP contribution in [0.25, 0.3) is 0 Å². The Labute approximate surface area is 126 Å². The molecule has 0 spiro atoms. The summed E-state index contributed by atoms with van der Waals surface area (Å²) in [6, 6.07) is 0.785. The van der Waals surface area contributed by atoms with Crippen LogP contribution in [0.15, 0.2) is 0 Å². The molecule has 1 aliphatic carbocycles. The van der Waals surface area contributed by atoms with Crippen molar-refractivity contribution in [3.05, 3.63) is 0 Å². The van der Waals surface area contributed by atoms with Gasteiger partial charge in [0.1, 0.15) is 0 Å². The fraction of sp³-hybridized carbons (Fsp3) is 1.00. The molecule has 118 valence electrons. The summed E-state index contributed by atoms with van der Waals surface area (Å²) in [5.74, 6) is 1.89. The minimum atomic E-state index is 0.785. The van der Waals surface area contributed by atoms with Crippen LogP contribution in [0.3, 0.4) is 0 Å². The second-order valence-corrected chi connectivity index (χ2v) is 7.08. The highest BCUT2D eigenvalue weighted by Crippen LogP contribution is 2.32. The molecule has 1 saturated heterocycles. The molecule has 2 heteroatoms. The molecule has 1 heterocycles. The van der Waals surface area contributed by atoms with Crippen molar-refractivity contribution in [1.82, 2.24) is 10.2 Å². The third kappa shape index (κ3) is 5.04. The van der Waals surface area contributed by atoms with Gasteiger partial charge < -0.3 is 10.2 Å². The Hall–Kier alpha value is -0.0800. The lowest BCUT2D eigenvalue weighted by Crippen LogP contribution is -2.46. The van der Waals surface area contributed by atoms with Gasteiger partial charge >= 0.3 is 0 Å². The normalized spacial score (nSPS) is 33.6. The molecular weight excluding hydrogens is 244 g/mol. The third-order valence-electron chi connectivity index (χ3n) is 5.58. The van der Waals surface area contributed by atoms with Crippen LogP contribution in [0.5, 0.6) is 0 Å². The van der Waals surface area contributed by atoms with Crippen LogP contribution >= 0.6 is 0 Å². The van der Waals surface area contributed by atoms with Gasteiger partial charge in [-0.3, -0.25) is 0 Å². The number of nitrogens with one attached hydrogen (secondary N) is 1. The summed E-state index contributed by atoms with van der Waals surface area (Å²) >= 11 is 0. The molecule has 0 aromatic heterocycles. The van der Waals surface area contributed by atoms with E-state index in [1.165, 1.54) is 77.4 Å². The summed E-state index contributed by atoms with van der Waals surface area (Å²) in [6.07, 6.45) is 12.9. The predicted octanol–water partition coefficient (Wildman–Crippen LogP) is 4.06. The molecule has 3 atom stereocenters. The topological polar surface area (TPSA) is 15.3 Å². The molecule has 1 aliphatic heterocycles. The highest BCUT2D eigenvalue weighted by atomic mass is 15.1. The molecule has 0 aromatic carbocycles.